The van der Waals surface area contributed by atoms with Crippen molar-refractivity contribution in [3.05, 3.63) is 28.8 Å². The van der Waals surface area contributed by atoms with Crippen molar-refractivity contribution < 1.29 is 14.6 Å². The Bertz CT molecular complexity index is 467. The van der Waals surface area contributed by atoms with Crippen molar-refractivity contribution in [3.63, 3.8) is 0 Å². The first kappa shape index (κ1) is 14.1. The van der Waals surface area contributed by atoms with Crippen molar-refractivity contribution in [1.82, 2.24) is 10.2 Å². The smallest absolute Gasteiger partial charge is 0.255 e. The van der Waals surface area contributed by atoms with E-state index in [-0.39, 0.29) is 18.6 Å². The van der Waals surface area contributed by atoms with Gasteiger partial charge in [0.15, 0.2) is 0 Å². The van der Waals surface area contributed by atoms with Crippen LogP contribution < -0.4 is 10.1 Å². The summed E-state index contributed by atoms with van der Waals surface area (Å²) in [7, 11) is 1.52. The number of carbonyl (C=O) groups is 1. The van der Waals surface area contributed by atoms with Crippen LogP contribution in [0.3, 0.4) is 0 Å². The second kappa shape index (κ2) is 6.23. The zero-order valence-electron chi connectivity index (χ0n) is 10.7. The lowest BCUT2D eigenvalue weighted by atomic mass is 10.1. The number of amides is 1. The fraction of sp³-hybridized carbons (Fsp3) is 0.462. The predicted molar refractivity (Wildman–Crippen MR) is 72.8 cm³/mol. The minimum atomic E-state index is -0.135. The van der Waals surface area contributed by atoms with Crippen LogP contribution in [0.4, 0.5) is 0 Å². The van der Waals surface area contributed by atoms with Gasteiger partial charge in [-0.1, -0.05) is 17.7 Å². The van der Waals surface area contributed by atoms with E-state index in [1.54, 1.807) is 23.1 Å². The molecule has 2 N–H and O–H groups in total. The van der Waals surface area contributed by atoms with E-state index < -0.39 is 0 Å². The number of nitrogens with zero attached hydrogens (tertiary/aromatic N) is 1. The third kappa shape index (κ3) is 3.00. The highest BCUT2D eigenvalue weighted by atomic mass is 35.5. The topological polar surface area (TPSA) is 61.8 Å². The number of ether oxygens (including phenoxy) is 1. The van der Waals surface area contributed by atoms with E-state index in [1.807, 2.05) is 0 Å². The molecule has 6 heteroatoms. The lowest BCUT2D eigenvalue weighted by Gasteiger charge is -2.33. The Balaban J connectivity index is 2.19. The summed E-state index contributed by atoms with van der Waals surface area (Å²) in [6, 6.07) is 5.06. The van der Waals surface area contributed by atoms with Crippen LogP contribution in [0.1, 0.15) is 10.4 Å². The number of rotatable bonds is 3. The standard InChI is InChI=1S/C13H17ClN2O3/c1-19-11-4-2-3-10(12(11)14)13(18)16-6-5-15-9(7-16)8-17/h2-4,9,15,17H,5-8H2,1H3. The first-order valence-corrected chi connectivity index (χ1v) is 6.51. The zero-order chi connectivity index (χ0) is 13.8. The molecule has 5 nitrogen and oxygen atoms in total. The molecule has 2 rings (SSSR count). The largest absolute Gasteiger partial charge is 0.495 e. The van der Waals surface area contributed by atoms with Gasteiger partial charge in [0.25, 0.3) is 5.91 Å². The fourth-order valence-electron chi connectivity index (χ4n) is 2.14. The third-order valence-corrected chi connectivity index (χ3v) is 3.57. The molecule has 1 heterocycles. The molecule has 1 amide bonds. The lowest BCUT2D eigenvalue weighted by molar-refractivity contribution is 0.0671. The van der Waals surface area contributed by atoms with Crippen LogP contribution in [0.2, 0.25) is 5.02 Å². The van der Waals surface area contributed by atoms with Crippen LogP contribution in [0.15, 0.2) is 18.2 Å². The SMILES string of the molecule is COc1cccc(C(=O)N2CCNC(CO)C2)c1Cl. The highest BCUT2D eigenvalue weighted by Crippen LogP contribution is 2.28. The Kier molecular flexibility index (Phi) is 4.63. The first-order chi connectivity index (χ1) is 9.17. The van der Waals surface area contributed by atoms with Crippen molar-refractivity contribution in [2.75, 3.05) is 33.4 Å². The molecule has 1 aromatic carbocycles. The van der Waals surface area contributed by atoms with Crippen molar-refractivity contribution in [2.45, 2.75) is 6.04 Å². The van der Waals surface area contributed by atoms with Crippen molar-refractivity contribution in [2.24, 2.45) is 0 Å². The molecule has 1 aliphatic rings. The molecule has 1 aliphatic heterocycles. The van der Waals surface area contributed by atoms with Crippen LogP contribution in [0.25, 0.3) is 0 Å². The number of benzene rings is 1. The molecule has 1 fully saturated rings. The summed E-state index contributed by atoms with van der Waals surface area (Å²) in [6.07, 6.45) is 0. The second-order valence-electron chi connectivity index (χ2n) is 4.41. The number of hydrogen-bond donors (Lipinski definition) is 2. The number of hydrogen-bond acceptors (Lipinski definition) is 4. The number of methoxy groups -OCH3 is 1. The van der Waals surface area contributed by atoms with E-state index in [2.05, 4.69) is 5.32 Å². The molecule has 0 bridgehead atoms. The Morgan fingerprint density at radius 2 is 2.42 bits per heavy atom. The highest BCUT2D eigenvalue weighted by Gasteiger charge is 2.25. The van der Waals surface area contributed by atoms with Crippen LogP contribution in [0, 0.1) is 0 Å². The Morgan fingerprint density at radius 1 is 1.63 bits per heavy atom. The molecule has 1 aromatic rings. The van der Waals surface area contributed by atoms with Gasteiger partial charge in [-0.3, -0.25) is 4.79 Å². The van der Waals surface area contributed by atoms with E-state index >= 15 is 0 Å². The van der Waals surface area contributed by atoms with Gasteiger partial charge in [-0.15, -0.1) is 0 Å². The zero-order valence-corrected chi connectivity index (χ0v) is 11.5. The van der Waals surface area contributed by atoms with Gasteiger partial charge in [0.1, 0.15) is 5.75 Å². The summed E-state index contributed by atoms with van der Waals surface area (Å²) in [6.45, 7) is 1.75. The van der Waals surface area contributed by atoms with Gasteiger partial charge < -0.3 is 20.1 Å². The molecule has 0 aromatic heterocycles. The molecule has 0 aliphatic carbocycles. The number of aliphatic hydroxyl groups is 1. The summed E-state index contributed by atoms with van der Waals surface area (Å²) in [5.74, 6) is 0.352. The monoisotopic (exact) mass is 284 g/mol. The normalized spacial score (nSPS) is 19.3. The van der Waals surface area contributed by atoms with Gasteiger partial charge in [-0.2, -0.15) is 0 Å². The van der Waals surface area contributed by atoms with E-state index in [4.69, 9.17) is 21.4 Å². The van der Waals surface area contributed by atoms with Crippen molar-refractivity contribution in [3.8, 4) is 5.75 Å². The first-order valence-electron chi connectivity index (χ1n) is 6.13. The number of nitrogens with one attached hydrogen (secondary N) is 1. The van der Waals surface area contributed by atoms with E-state index in [9.17, 15) is 4.79 Å². The molecular formula is C13H17ClN2O3. The van der Waals surface area contributed by atoms with Crippen LogP contribution in [0.5, 0.6) is 5.75 Å². The van der Waals surface area contributed by atoms with Gasteiger partial charge in [-0.05, 0) is 12.1 Å². The quantitative estimate of drug-likeness (QED) is 0.860. The summed E-state index contributed by atoms with van der Waals surface area (Å²) >= 11 is 6.16. The van der Waals surface area contributed by atoms with Gasteiger partial charge >= 0.3 is 0 Å². The minimum absolute atomic E-state index is 0.00955. The molecule has 1 unspecified atom stereocenters. The van der Waals surface area contributed by atoms with Crippen molar-refractivity contribution in [1.29, 1.82) is 0 Å². The average Bonchev–Trinajstić information content (AvgIpc) is 2.47. The summed E-state index contributed by atoms with van der Waals surface area (Å²) in [4.78, 5) is 14.1. The van der Waals surface area contributed by atoms with Gasteiger partial charge in [0, 0.05) is 25.7 Å². The average molecular weight is 285 g/mol. The molecule has 19 heavy (non-hydrogen) atoms. The van der Waals surface area contributed by atoms with Crippen molar-refractivity contribution >= 4 is 17.5 Å². The van der Waals surface area contributed by atoms with Gasteiger partial charge in [0.05, 0.1) is 24.3 Å². The van der Waals surface area contributed by atoms with Crippen LogP contribution >= 0.6 is 11.6 Å². The predicted octanol–water partition coefficient (Wildman–Crippen LogP) is 0.755. The number of carbonyl (C=O) groups excluding carboxylic acids is 1. The number of halogens is 1. The van der Waals surface area contributed by atoms with Crippen LogP contribution in [-0.2, 0) is 0 Å². The van der Waals surface area contributed by atoms with Gasteiger partial charge in [0.2, 0.25) is 0 Å². The molecule has 0 saturated carbocycles. The number of aliphatic hydroxyl groups excluding tert-OH is 1. The van der Waals surface area contributed by atoms with E-state index in [0.29, 0.717) is 36.0 Å². The van der Waals surface area contributed by atoms with Crippen LogP contribution in [-0.4, -0.2) is 55.3 Å². The number of piperazine rings is 1. The van der Waals surface area contributed by atoms with E-state index in [0.717, 1.165) is 0 Å². The summed E-state index contributed by atoms with van der Waals surface area (Å²) < 4.78 is 5.11. The highest BCUT2D eigenvalue weighted by molar-refractivity contribution is 6.35. The summed E-state index contributed by atoms with van der Waals surface area (Å²) in [5.41, 5.74) is 0.430. The maximum Gasteiger partial charge on any atom is 0.255 e. The molecule has 1 saturated heterocycles. The molecular weight excluding hydrogens is 268 g/mol. The third-order valence-electron chi connectivity index (χ3n) is 3.18. The fourth-order valence-corrected chi connectivity index (χ4v) is 2.42. The summed E-state index contributed by atoms with van der Waals surface area (Å²) in [5, 5.41) is 12.6. The van der Waals surface area contributed by atoms with E-state index in [1.165, 1.54) is 7.11 Å². The maximum atomic E-state index is 12.4. The molecule has 0 spiro atoms. The van der Waals surface area contributed by atoms with Gasteiger partial charge in [-0.25, -0.2) is 0 Å². The molecule has 1 atom stereocenters. The molecule has 104 valence electrons. The second-order valence-corrected chi connectivity index (χ2v) is 4.78. The minimum Gasteiger partial charge on any atom is -0.495 e. The Hall–Kier alpha value is -1.30. The Morgan fingerprint density at radius 3 is 3.11 bits per heavy atom. The maximum absolute atomic E-state index is 12.4. The molecule has 0 radical (unpaired) electrons. The Labute approximate surface area is 117 Å². The lowest BCUT2D eigenvalue weighted by Crippen LogP contribution is -2.54.